The van der Waals surface area contributed by atoms with E-state index >= 15 is 0 Å². The summed E-state index contributed by atoms with van der Waals surface area (Å²) < 4.78 is 27.0. The number of nitrogens with zero attached hydrogens (tertiary/aromatic N) is 1. The molecular weight excluding hydrogens is 304 g/mol. The Morgan fingerprint density at radius 2 is 2.05 bits per heavy atom. The lowest BCUT2D eigenvalue weighted by atomic mass is 9.86. The third-order valence-electron chi connectivity index (χ3n) is 4.49. The van der Waals surface area contributed by atoms with Crippen molar-refractivity contribution in [3.63, 3.8) is 0 Å². The fraction of sp³-hybridized carbons (Fsp3) is 0.733. The largest absolute Gasteiger partial charge is 0.309 e. The number of sulfonamides is 1. The van der Waals surface area contributed by atoms with E-state index in [9.17, 15) is 8.42 Å². The smallest absolute Gasteiger partial charge is 0.243 e. The minimum absolute atomic E-state index is 0.502. The zero-order valence-corrected chi connectivity index (χ0v) is 14.4. The second kappa shape index (κ2) is 5.99. The lowest BCUT2D eigenvalue weighted by Crippen LogP contribution is -2.34. The molecule has 0 unspecified atom stereocenters. The fourth-order valence-electron chi connectivity index (χ4n) is 2.70. The normalized spacial score (nSPS) is 20.0. The van der Waals surface area contributed by atoms with Crippen molar-refractivity contribution in [3.05, 3.63) is 15.8 Å². The second-order valence-electron chi connectivity index (χ2n) is 6.37. The molecule has 0 aromatic carbocycles. The van der Waals surface area contributed by atoms with E-state index in [-0.39, 0.29) is 0 Å². The molecule has 6 heteroatoms. The number of aryl methyl sites for hydroxylation is 1. The molecule has 1 N–H and O–H groups in total. The Hall–Kier alpha value is -0.430. The highest BCUT2D eigenvalue weighted by Gasteiger charge is 2.29. The fourth-order valence-corrected chi connectivity index (χ4v) is 5.50. The van der Waals surface area contributed by atoms with Crippen LogP contribution >= 0.6 is 11.3 Å². The van der Waals surface area contributed by atoms with Gasteiger partial charge in [0.25, 0.3) is 0 Å². The van der Waals surface area contributed by atoms with Crippen LogP contribution in [0.25, 0.3) is 0 Å². The van der Waals surface area contributed by atoms with Gasteiger partial charge in [-0.1, -0.05) is 6.42 Å². The van der Waals surface area contributed by atoms with Crippen LogP contribution in [-0.4, -0.2) is 32.4 Å². The van der Waals surface area contributed by atoms with Crippen LogP contribution in [0.2, 0.25) is 0 Å². The molecule has 0 atom stereocenters. The molecule has 3 rings (SSSR count). The zero-order valence-electron chi connectivity index (χ0n) is 12.8. The number of thiophene rings is 1. The van der Waals surface area contributed by atoms with Crippen LogP contribution < -0.4 is 5.32 Å². The van der Waals surface area contributed by atoms with Crippen LogP contribution in [-0.2, 0) is 16.6 Å². The van der Waals surface area contributed by atoms with Gasteiger partial charge in [0.2, 0.25) is 10.0 Å². The van der Waals surface area contributed by atoms with Gasteiger partial charge in [-0.05, 0) is 44.6 Å². The zero-order chi connectivity index (χ0) is 15.0. The van der Waals surface area contributed by atoms with E-state index in [2.05, 4.69) is 5.32 Å². The molecule has 4 nitrogen and oxygen atoms in total. The highest BCUT2D eigenvalue weighted by Crippen LogP contribution is 2.32. The molecule has 2 fully saturated rings. The Bertz CT molecular complexity index is 601. The molecule has 0 saturated heterocycles. The predicted octanol–water partition coefficient (Wildman–Crippen LogP) is 2.73. The summed E-state index contributed by atoms with van der Waals surface area (Å²) in [7, 11) is -1.61. The molecule has 2 aliphatic carbocycles. The Kier molecular flexibility index (Phi) is 4.41. The maximum atomic E-state index is 12.7. The van der Waals surface area contributed by atoms with Crippen molar-refractivity contribution >= 4 is 21.4 Å². The van der Waals surface area contributed by atoms with Crippen LogP contribution in [0, 0.1) is 12.8 Å². The van der Waals surface area contributed by atoms with Crippen molar-refractivity contribution < 1.29 is 8.42 Å². The van der Waals surface area contributed by atoms with Gasteiger partial charge in [-0.3, -0.25) is 0 Å². The van der Waals surface area contributed by atoms with Crippen LogP contribution in [0.5, 0.6) is 0 Å². The second-order valence-corrected chi connectivity index (χ2v) is 9.72. The van der Waals surface area contributed by atoms with Crippen molar-refractivity contribution in [1.29, 1.82) is 0 Å². The summed E-state index contributed by atoms with van der Waals surface area (Å²) in [4.78, 5) is 2.53. The van der Waals surface area contributed by atoms with Gasteiger partial charge in [-0.2, -0.15) is 0 Å². The summed E-state index contributed by atoms with van der Waals surface area (Å²) in [6.07, 6.45) is 6.07. The van der Waals surface area contributed by atoms with Gasteiger partial charge in [0.05, 0.1) is 4.90 Å². The maximum absolute atomic E-state index is 12.7. The van der Waals surface area contributed by atoms with E-state index in [0.717, 1.165) is 16.3 Å². The summed E-state index contributed by atoms with van der Waals surface area (Å²) >= 11 is 1.60. The third kappa shape index (κ3) is 3.50. The molecule has 0 amide bonds. The van der Waals surface area contributed by atoms with Crippen LogP contribution in [0.3, 0.4) is 0 Å². The van der Waals surface area contributed by atoms with E-state index in [1.807, 2.05) is 13.0 Å². The SMILES string of the molecule is Cc1sc(CNC2CC2)cc1S(=O)(=O)N(C)CC1CCC1. The molecule has 118 valence electrons. The van der Waals surface area contributed by atoms with Gasteiger partial charge in [-0.15, -0.1) is 11.3 Å². The van der Waals surface area contributed by atoms with Crippen molar-refractivity contribution in [2.24, 2.45) is 5.92 Å². The molecule has 0 radical (unpaired) electrons. The van der Waals surface area contributed by atoms with Crippen molar-refractivity contribution in [1.82, 2.24) is 9.62 Å². The highest BCUT2D eigenvalue weighted by molar-refractivity contribution is 7.89. The van der Waals surface area contributed by atoms with Gasteiger partial charge >= 0.3 is 0 Å². The first kappa shape index (κ1) is 15.5. The number of hydrogen-bond acceptors (Lipinski definition) is 4. The molecular formula is C15H24N2O2S2. The van der Waals surface area contributed by atoms with Crippen LogP contribution in [0.1, 0.15) is 41.9 Å². The van der Waals surface area contributed by atoms with E-state index < -0.39 is 10.0 Å². The summed E-state index contributed by atoms with van der Waals surface area (Å²) in [5.41, 5.74) is 0. The molecule has 2 aliphatic rings. The van der Waals surface area contributed by atoms with Gasteiger partial charge in [0.15, 0.2) is 0 Å². The minimum atomic E-state index is -3.33. The first-order valence-corrected chi connectivity index (χ1v) is 10.0. The predicted molar refractivity (Wildman–Crippen MR) is 86.1 cm³/mol. The summed E-state index contributed by atoms with van der Waals surface area (Å²) in [6, 6.07) is 2.51. The Balaban J connectivity index is 1.70. The number of hydrogen-bond donors (Lipinski definition) is 1. The van der Waals surface area contributed by atoms with E-state index in [1.165, 1.54) is 32.1 Å². The molecule has 21 heavy (non-hydrogen) atoms. The molecule has 0 bridgehead atoms. The monoisotopic (exact) mass is 328 g/mol. The highest BCUT2D eigenvalue weighted by atomic mass is 32.2. The third-order valence-corrected chi connectivity index (χ3v) is 7.62. The van der Waals surface area contributed by atoms with Crippen LogP contribution in [0.4, 0.5) is 0 Å². The lowest BCUT2D eigenvalue weighted by Gasteiger charge is -2.29. The first-order valence-electron chi connectivity index (χ1n) is 7.76. The van der Waals surface area contributed by atoms with E-state index in [0.29, 0.717) is 23.4 Å². The van der Waals surface area contributed by atoms with Gasteiger partial charge in [-0.25, -0.2) is 12.7 Å². The summed E-state index contributed by atoms with van der Waals surface area (Å²) in [5.74, 6) is 0.555. The molecule has 0 spiro atoms. The van der Waals surface area contributed by atoms with Gasteiger partial charge in [0.1, 0.15) is 0 Å². The van der Waals surface area contributed by atoms with Crippen LogP contribution in [0.15, 0.2) is 11.0 Å². The van der Waals surface area contributed by atoms with E-state index in [4.69, 9.17) is 0 Å². The first-order chi connectivity index (χ1) is 9.96. The average molecular weight is 329 g/mol. The standard InChI is InChI=1S/C15H24N2O2S2/c1-11-15(8-14(20-11)9-16-13-6-7-13)21(18,19)17(2)10-12-4-3-5-12/h8,12-13,16H,3-7,9-10H2,1-2H3. The molecule has 0 aliphatic heterocycles. The molecule has 1 aromatic rings. The molecule has 1 aromatic heterocycles. The van der Waals surface area contributed by atoms with Crippen molar-refractivity contribution in [2.75, 3.05) is 13.6 Å². The van der Waals surface area contributed by atoms with E-state index in [1.54, 1.807) is 22.7 Å². The Morgan fingerprint density at radius 1 is 1.33 bits per heavy atom. The quantitative estimate of drug-likeness (QED) is 0.837. The number of rotatable bonds is 7. The topological polar surface area (TPSA) is 49.4 Å². The van der Waals surface area contributed by atoms with Gasteiger partial charge < -0.3 is 5.32 Å². The summed E-state index contributed by atoms with van der Waals surface area (Å²) in [6.45, 7) is 3.36. The Labute approximate surface area is 131 Å². The molecule has 2 saturated carbocycles. The van der Waals surface area contributed by atoms with Crippen molar-refractivity contribution in [2.45, 2.75) is 56.5 Å². The average Bonchev–Trinajstić information content (AvgIpc) is 3.13. The number of nitrogens with one attached hydrogen (secondary N) is 1. The lowest BCUT2D eigenvalue weighted by molar-refractivity contribution is 0.263. The summed E-state index contributed by atoms with van der Waals surface area (Å²) in [5, 5.41) is 3.45. The maximum Gasteiger partial charge on any atom is 0.243 e. The Morgan fingerprint density at radius 3 is 2.62 bits per heavy atom. The van der Waals surface area contributed by atoms with Gasteiger partial charge in [0, 0.05) is 35.9 Å². The molecule has 1 heterocycles. The minimum Gasteiger partial charge on any atom is -0.309 e. The van der Waals surface area contributed by atoms with Crippen molar-refractivity contribution in [3.8, 4) is 0 Å².